The summed E-state index contributed by atoms with van der Waals surface area (Å²) in [4.78, 5) is 39.4. The van der Waals surface area contributed by atoms with Gasteiger partial charge in [-0.15, -0.1) is 0 Å². The lowest BCUT2D eigenvalue weighted by Gasteiger charge is -2.29. The molecule has 3 N–H and O–H groups in total. The zero-order valence-corrected chi connectivity index (χ0v) is 23.7. The molecule has 44 heavy (non-hydrogen) atoms. The highest BCUT2D eigenvalue weighted by molar-refractivity contribution is 5.92. The lowest BCUT2D eigenvalue weighted by atomic mass is 9.86. The molecule has 1 saturated heterocycles. The molecule has 1 saturated carbocycles. The first-order valence-electron chi connectivity index (χ1n) is 14.4. The number of halogens is 2. The normalized spacial score (nSPS) is 18.8. The molecule has 0 spiro atoms. The second-order valence-electron chi connectivity index (χ2n) is 10.6. The van der Waals surface area contributed by atoms with Crippen molar-refractivity contribution in [3.63, 3.8) is 0 Å². The van der Waals surface area contributed by atoms with Crippen LogP contribution in [0.1, 0.15) is 37.9 Å². The van der Waals surface area contributed by atoms with Gasteiger partial charge in [0.15, 0.2) is 5.82 Å². The van der Waals surface area contributed by atoms with Crippen LogP contribution in [0.4, 0.5) is 25.2 Å². The van der Waals surface area contributed by atoms with Crippen LogP contribution in [0, 0.1) is 5.92 Å². The molecule has 0 radical (unpaired) electrons. The van der Waals surface area contributed by atoms with Crippen molar-refractivity contribution in [3.8, 4) is 17.4 Å². The quantitative estimate of drug-likeness (QED) is 0.293. The highest BCUT2D eigenvalue weighted by Crippen LogP contribution is 2.32. The van der Waals surface area contributed by atoms with E-state index >= 15 is 0 Å². The summed E-state index contributed by atoms with van der Waals surface area (Å²) in [5.41, 5.74) is 6.49. The summed E-state index contributed by atoms with van der Waals surface area (Å²) in [6, 6.07) is 14.9. The monoisotopic (exact) mass is 607 g/mol. The molecule has 12 nitrogen and oxygen atoms in total. The van der Waals surface area contributed by atoms with Gasteiger partial charge in [0.25, 0.3) is 6.43 Å². The molecule has 2 aliphatic rings. The van der Waals surface area contributed by atoms with E-state index in [1.54, 1.807) is 48.5 Å². The van der Waals surface area contributed by atoms with Crippen molar-refractivity contribution in [1.29, 1.82) is 0 Å². The van der Waals surface area contributed by atoms with Crippen LogP contribution < -0.4 is 25.4 Å². The Bertz CT molecular complexity index is 1650. The summed E-state index contributed by atoms with van der Waals surface area (Å²) in [6.07, 6.45) is -1.67. The zero-order valence-electron chi connectivity index (χ0n) is 23.7. The topological polar surface area (TPSA) is 147 Å². The van der Waals surface area contributed by atoms with E-state index in [9.17, 15) is 18.4 Å². The van der Waals surface area contributed by atoms with E-state index in [0.29, 0.717) is 74.7 Å². The Balaban J connectivity index is 1.19. The average Bonchev–Trinajstić information content (AvgIpc) is 3.42. The van der Waals surface area contributed by atoms with E-state index in [2.05, 4.69) is 20.3 Å². The number of nitrogens with one attached hydrogen (secondary N) is 1. The number of hydrogen-bond acceptors (Lipinski definition) is 9. The molecule has 6 rings (SSSR count). The van der Waals surface area contributed by atoms with Gasteiger partial charge in [-0.05, 0) is 49.9 Å². The summed E-state index contributed by atoms with van der Waals surface area (Å²) in [5.74, 6) is 0.273. The molecule has 230 valence electrons. The number of aromatic nitrogens is 4. The van der Waals surface area contributed by atoms with Gasteiger partial charge >= 0.3 is 6.09 Å². The number of benzene rings is 2. The van der Waals surface area contributed by atoms with E-state index in [1.165, 1.54) is 10.6 Å². The van der Waals surface area contributed by atoms with Crippen molar-refractivity contribution < 1.29 is 32.6 Å². The maximum atomic E-state index is 14.1. The number of para-hydroxylation sites is 2. The fraction of sp³-hybridized carbons (Fsp3) is 0.367. The standard InChI is InChI=1S/C30H31F2N7O5/c31-26(32)27-35-22-6-1-2-7-23(22)39(27)24-17-25(37-30(36-24)38-12-14-42-15-13-38)43-20-10-8-18(9-11-20)28(40)34-19-4-3-5-21(16-19)44-29(33)41/h1-7,16-18,20,26H,8-15H2,(H2,33,41)(H,34,40). The van der Waals surface area contributed by atoms with Crippen LogP contribution in [0.25, 0.3) is 16.9 Å². The van der Waals surface area contributed by atoms with Crippen molar-refractivity contribution in [3.05, 3.63) is 60.4 Å². The van der Waals surface area contributed by atoms with Gasteiger partial charge in [0.2, 0.25) is 17.7 Å². The number of primary amides is 1. The first-order chi connectivity index (χ1) is 21.3. The second kappa shape index (κ2) is 12.8. The first kappa shape index (κ1) is 29.2. The maximum absolute atomic E-state index is 14.1. The Morgan fingerprint density at radius 2 is 1.75 bits per heavy atom. The minimum atomic E-state index is -2.83. The number of amides is 2. The predicted octanol–water partition coefficient (Wildman–Crippen LogP) is 4.62. The number of carbonyl (C=O) groups excluding carboxylic acids is 2. The van der Waals surface area contributed by atoms with Crippen LogP contribution in [-0.4, -0.2) is 63.9 Å². The van der Waals surface area contributed by atoms with E-state index in [4.69, 9.17) is 19.9 Å². The summed E-state index contributed by atoms with van der Waals surface area (Å²) in [5, 5.41) is 2.87. The fourth-order valence-corrected chi connectivity index (χ4v) is 5.52. The number of morpholine rings is 1. The molecule has 14 heteroatoms. The lowest BCUT2D eigenvalue weighted by molar-refractivity contribution is -0.121. The maximum Gasteiger partial charge on any atom is 0.409 e. The third-order valence-electron chi connectivity index (χ3n) is 7.63. The third-order valence-corrected chi connectivity index (χ3v) is 7.63. The number of hydrogen-bond donors (Lipinski definition) is 2. The van der Waals surface area contributed by atoms with Crippen molar-refractivity contribution in [2.24, 2.45) is 11.7 Å². The Hall–Kier alpha value is -4.85. The molecule has 4 aromatic rings. The zero-order chi connectivity index (χ0) is 30.6. The minimum Gasteiger partial charge on any atom is -0.474 e. The molecule has 1 aliphatic heterocycles. The Kier molecular flexibility index (Phi) is 8.50. The number of rotatable bonds is 8. The number of carbonyl (C=O) groups is 2. The number of nitrogens with zero attached hydrogens (tertiary/aromatic N) is 5. The van der Waals surface area contributed by atoms with Crippen molar-refractivity contribution in [1.82, 2.24) is 19.5 Å². The molecule has 1 aliphatic carbocycles. The Morgan fingerprint density at radius 3 is 2.50 bits per heavy atom. The molecule has 0 atom stereocenters. The van der Waals surface area contributed by atoms with Crippen LogP contribution in [0.2, 0.25) is 0 Å². The van der Waals surface area contributed by atoms with Crippen LogP contribution >= 0.6 is 0 Å². The minimum absolute atomic E-state index is 0.148. The summed E-state index contributed by atoms with van der Waals surface area (Å²) in [7, 11) is 0. The molecule has 2 amide bonds. The highest BCUT2D eigenvalue weighted by atomic mass is 19.3. The SMILES string of the molecule is NC(=O)Oc1cccc(NC(=O)C2CCC(Oc3cc(-n4c(C(F)F)nc5ccccc54)nc(N4CCOCC4)n3)CC2)c1. The lowest BCUT2D eigenvalue weighted by Crippen LogP contribution is -2.37. The summed E-state index contributed by atoms with van der Waals surface area (Å²) < 4.78 is 46.3. The van der Waals surface area contributed by atoms with Gasteiger partial charge in [0.05, 0.1) is 24.2 Å². The Morgan fingerprint density at radius 1 is 0.977 bits per heavy atom. The fourth-order valence-electron chi connectivity index (χ4n) is 5.52. The van der Waals surface area contributed by atoms with E-state index in [-0.39, 0.29) is 35.4 Å². The van der Waals surface area contributed by atoms with E-state index in [0.717, 1.165) is 0 Å². The first-order valence-corrected chi connectivity index (χ1v) is 14.4. The van der Waals surface area contributed by atoms with E-state index < -0.39 is 18.3 Å². The van der Waals surface area contributed by atoms with Gasteiger partial charge in [-0.25, -0.2) is 18.6 Å². The molecule has 2 aromatic carbocycles. The molecular weight excluding hydrogens is 576 g/mol. The molecule has 2 fully saturated rings. The van der Waals surface area contributed by atoms with Gasteiger partial charge in [0.1, 0.15) is 17.7 Å². The van der Waals surface area contributed by atoms with Gasteiger partial charge in [0, 0.05) is 36.8 Å². The number of ether oxygens (including phenoxy) is 3. The largest absolute Gasteiger partial charge is 0.474 e. The summed E-state index contributed by atoms with van der Waals surface area (Å²) in [6.45, 7) is 2.09. The predicted molar refractivity (Wildman–Crippen MR) is 156 cm³/mol. The van der Waals surface area contributed by atoms with Crippen molar-refractivity contribution in [2.45, 2.75) is 38.2 Å². The third kappa shape index (κ3) is 6.54. The molecule has 3 heterocycles. The number of alkyl halides is 2. The summed E-state index contributed by atoms with van der Waals surface area (Å²) >= 11 is 0. The van der Waals surface area contributed by atoms with Crippen molar-refractivity contribution in [2.75, 3.05) is 36.5 Å². The molecular formula is C30H31F2N7O5. The smallest absolute Gasteiger partial charge is 0.409 e. The van der Waals surface area contributed by atoms with Crippen LogP contribution in [-0.2, 0) is 9.53 Å². The van der Waals surface area contributed by atoms with Gasteiger partial charge in [-0.2, -0.15) is 9.97 Å². The van der Waals surface area contributed by atoms with Gasteiger partial charge in [-0.1, -0.05) is 18.2 Å². The van der Waals surface area contributed by atoms with Crippen LogP contribution in [0.15, 0.2) is 54.6 Å². The highest BCUT2D eigenvalue weighted by Gasteiger charge is 2.29. The van der Waals surface area contributed by atoms with Gasteiger partial charge in [-0.3, -0.25) is 9.36 Å². The molecule has 0 bridgehead atoms. The molecule has 2 aromatic heterocycles. The Labute approximate surface area is 251 Å². The second-order valence-corrected chi connectivity index (χ2v) is 10.6. The van der Waals surface area contributed by atoms with Crippen molar-refractivity contribution >= 4 is 34.7 Å². The number of nitrogens with two attached hydrogens (primary N) is 1. The van der Waals surface area contributed by atoms with Crippen LogP contribution in [0.3, 0.4) is 0 Å². The van der Waals surface area contributed by atoms with Crippen LogP contribution in [0.5, 0.6) is 11.6 Å². The van der Waals surface area contributed by atoms with Gasteiger partial charge < -0.3 is 30.2 Å². The van der Waals surface area contributed by atoms with E-state index in [1.807, 2.05) is 4.90 Å². The average molecular weight is 608 g/mol. The number of anilines is 2. The molecule has 0 unspecified atom stereocenters. The number of fused-ring (bicyclic) bond motifs is 1. The number of imidazole rings is 1.